The molecular weight excluding hydrogens is 470 g/mol. The number of ether oxygens (including phenoxy) is 2. The smallest absolute Gasteiger partial charge is 0.414 e. The lowest BCUT2D eigenvalue weighted by molar-refractivity contribution is -0.113. The van der Waals surface area contributed by atoms with E-state index in [1.165, 1.54) is 16.7 Å². The molecule has 2 aromatic heterocycles. The second-order valence-corrected chi connectivity index (χ2v) is 9.28. The van der Waals surface area contributed by atoms with Crippen molar-refractivity contribution >= 4 is 46.2 Å². The highest BCUT2D eigenvalue weighted by molar-refractivity contribution is 8.00. The number of aliphatic hydroxyl groups excluding tert-OH is 1. The number of nitrogens with zero attached hydrogens (tertiary/aromatic N) is 3. The lowest BCUT2D eigenvalue weighted by Crippen LogP contribution is -2.39. The molecule has 35 heavy (non-hydrogen) atoms. The first kappa shape index (κ1) is 23.3. The molecule has 0 spiro atoms. The lowest BCUT2D eigenvalue weighted by atomic mass is 10.1. The molecule has 5 rings (SSSR count). The van der Waals surface area contributed by atoms with Crippen LogP contribution in [0.25, 0.3) is 11.0 Å². The van der Waals surface area contributed by atoms with E-state index in [1.54, 1.807) is 25.4 Å². The zero-order chi connectivity index (χ0) is 24.4. The van der Waals surface area contributed by atoms with Crippen molar-refractivity contribution in [1.29, 1.82) is 0 Å². The Morgan fingerprint density at radius 1 is 1.31 bits per heavy atom. The number of nitrogens with one attached hydrogen (secondary N) is 2. The van der Waals surface area contributed by atoms with Crippen molar-refractivity contribution in [3.05, 3.63) is 48.2 Å². The van der Waals surface area contributed by atoms with Gasteiger partial charge in [0.1, 0.15) is 12.2 Å². The number of hydrogen-bond donors (Lipinski definition) is 3. The summed E-state index contributed by atoms with van der Waals surface area (Å²) in [7, 11) is 1.58. The fraction of sp³-hybridized carbons (Fsp3) is 0.333. The molecule has 0 bridgehead atoms. The number of amides is 2. The first-order valence-corrected chi connectivity index (χ1v) is 12.2. The molecule has 1 aromatic carbocycles. The van der Waals surface area contributed by atoms with Gasteiger partial charge in [-0.15, -0.1) is 11.8 Å². The Kier molecular flexibility index (Phi) is 6.71. The molecular formula is C24H25N5O5S. The van der Waals surface area contributed by atoms with E-state index in [0.29, 0.717) is 36.0 Å². The first-order chi connectivity index (χ1) is 17.0. The minimum Gasteiger partial charge on any atom is -0.481 e. The molecule has 10 nitrogen and oxygen atoms in total. The molecule has 1 fully saturated rings. The van der Waals surface area contributed by atoms with Crippen LogP contribution in [0.15, 0.2) is 47.5 Å². The van der Waals surface area contributed by atoms with Crippen molar-refractivity contribution in [3.63, 3.8) is 0 Å². The van der Waals surface area contributed by atoms with Crippen LogP contribution in [0.2, 0.25) is 0 Å². The van der Waals surface area contributed by atoms with E-state index in [4.69, 9.17) is 9.47 Å². The molecule has 11 heteroatoms. The second-order valence-electron chi connectivity index (χ2n) is 8.26. The van der Waals surface area contributed by atoms with Gasteiger partial charge in [-0.25, -0.2) is 9.78 Å². The Morgan fingerprint density at radius 2 is 2.20 bits per heavy atom. The fourth-order valence-corrected chi connectivity index (χ4v) is 4.90. The topological polar surface area (TPSA) is 126 Å². The molecule has 0 saturated carbocycles. The quantitative estimate of drug-likeness (QED) is 0.403. The van der Waals surface area contributed by atoms with E-state index >= 15 is 0 Å². The van der Waals surface area contributed by atoms with Gasteiger partial charge >= 0.3 is 6.09 Å². The maximum absolute atomic E-state index is 12.5. The number of fused-ring (bicyclic) bond motifs is 2. The zero-order valence-corrected chi connectivity index (χ0v) is 19.9. The number of pyridine rings is 2. The van der Waals surface area contributed by atoms with E-state index in [0.717, 1.165) is 21.5 Å². The molecule has 1 saturated heterocycles. The zero-order valence-electron chi connectivity index (χ0n) is 19.1. The van der Waals surface area contributed by atoms with Gasteiger partial charge in [-0.05, 0) is 48.9 Å². The largest absolute Gasteiger partial charge is 0.481 e. The van der Waals surface area contributed by atoms with Crippen LogP contribution >= 0.6 is 11.8 Å². The molecule has 0 radical (unpaired) electrons. The number of hydrogen-bond acceptors (Lipinski definition) is 9. The van der Waals surface area contributed by atoms with Gasteiger partial charge in [-0.1, -0.05) is 0 Å². The molecule has 3 N–H and O–H groups in total. The van der Waals surface area contributed by atoms with Gasteiger partial charge in [0.25, 0.3) is 0 Å². The molecule has 0 aliphatic carbocycles. The average Bonchev–Trinajstić information content (AvgIpc) is 3.27. The van der Waals surface area contributed by atoms with Crippen molar-refractivity contribution < 1.29 is 24.2 Å². The Morgan fingerprint density at radius 3 is 3.06 bits per heavy atom. The van der Waals surface area contributed by atoms with Crippen molar-refractivity contribution in [1.82, 2.24) is 15.3 Å². The summed E-state index contributed by atoms with van der Waals surface area (Å²) < 4.78 is 10.6. The van der Waals surface area contributed by atoms with Gasteiger partial charge in [0.05, 0.1) is 36.1 Å². The molecule has 182 valence electrons. The molecule has 2 amide bonds. The van der Waals surface area contributed by atoms with E-state index in [9.17, 15) is 14.7 Å². The van der Waals surface area contributed by atoms with E-state index < -0.39 is 18.3 Å². The van der Waals surface area contributed by atoms with Gasteiger partial charge in [0, 0.05) is 29.4 Å². The number of thioether (sulfide) groups is 1. The predicted molar refractivity (Wildman–Crippen MR) is 132 cm³/mol. The summed E-state index contributed by atoms with van der Waals surface area (Å²) in [6.45, 7) is 1.09. The number of benzene rings is 1. The van der Waals surface area contributed by atoms with Crippen LogP contribution in [0.5, 0.6) is 5.88 Å². The Bertz CT molecular complexity index is 1270. The third kappa shape index (κ3) is 5.02. The first-order valence-electron chi connectivity index (χ1n) is 11.2. The number of carbonyl (C=O) groups is 2. The van der Waals surface area contributed by atoms with E-state index in [1.807, 2.05) is 24.3 Å². The Labute approximate surface area is 206 Å². The molecule has 2 aliphatic heterocycles. The standard InChI is InChI=1S/C24H25N5O5S/c1-33-22-5-3-16-23(28-22)14(7-9-26-16)6-8-25-11-18(30)19-12-29(24(32)34-19)15-2-4-20-17(10-15)27-21(31)13-35-20/h2-5,7,9-10,18-19,25,30H,6,8,11-13H2,1H3,(H,27,31)/t18-,19?/m0/s1. The third-order valence-corrected chi connectivity index (χ3v) is 7.02. The number of anilines is 2. The van der Waals surface area contributed by atoms with E-state index in [2.05, 4.69) is 20.6 Å². The van der Waals surface area contributed by atoms with Crippen molar-refractivity contribution in [3.8, 4) is 5.88 Å². The second kappa shape index (κ2) is 10.1. The summed E-state index contributed by atoms with van der Waals surface area (Å²) in [5.41, 5.74) is 3.90. The minimum atomic E-state index is -0.871. The molecule has 1 unspecified atom stereocenters. The number of carbonyl (C=O) groups excluding carboxylic acids is 2. The average molecular weight is 496 g/mol. The van der Waals surface area contributed by atoms with Crippen LogP contribution in [-0.4, -0.2) is 71.8 Å². The lowest BCUT2D eigenvalue weighted by Gasteiger charge is -2.20. The van der Waals surface area contributed by atoms with Crippen LogP contribution in [0.1, 0.15) is 5.56 Å². The number of rotatable bonds is 8. The van der Waals surface area contributed by atoms with Crippen LogP contribution in [0.3, 0.4) is 0 Å². The summed E-state index contributed by atoms with van der Waals surface area (Å²) in [6.07, 6.45) is 0.373. The molecule has 4 heterocycles. The highest BCUT2D eigenvalue weighted by atomic mass is 32.2. The maximum atomic E-state index is 12.5. The molecule has 2 aliphatic rings. The summed E-state index contributed by atoms with van der Waals surface area (Å²) in [5.74, 6) is 0.835. The molecule has 2 atom stereocenters. The fourth-order valence-electron chi connectivity index (χ4n) is 4.12. The molecule has 3 aromatic rings. The number of methoxy groups -OCH3 is 1. The summed E-state index contributed by atoms with van der Waals surface area (Å²) in [4.78, 5) is 35.4. The SMILES string of the molecule is COc1ccc2nccc(CCNC[C@H](O)C3CN(c4ccc5c(c4)NC(=O)CS5)C(=O)O3)c2n1. The van der Waals surface area contributed by atoms with Gasteiger partial charge in [0.2, 0.25) is 11.8 Å². The normalized spacial score (nSPS) is 18.2. The number of aliphatic hydroxyl groups is 1. The van der Waals surface area contributed by atoms with Crippen molar-refractivity contribution in [2.24, 2.45) is 0 Å². The van der Waals surface area contributed by atoms with Crippen LogP contribution in [0.4, 0.5) is 16.2 Å². The van der Waals surface area contributed by atoms with Gasteiger partial charge in [-0.2, -0.15) is 0 Å². The summed E-state index contributed by atoms with van der Waals surface area (Å²) >= 11 is 1.46. The van der Waals surface area contributed by atoms with E-state index in [-0.39, 0.29) is 19.0 Å². The summed E-state index contributed by atoms with van der Waals surface area (Å²) in [5, 5.41) is 16.7. The number of cyclic esters (lactones) is 1. The van der Waals surface area contributed by atoms with Gasteiger partial charge < -0.3 is 25.2 Å². The number of aromatic nitrogens is 2. The highest BCUT2D eigenvalue weighted by Crippen LogP contribution is 2.35. The van der Waals surface area contributed by atoms with Crippen molar-refractivity contribution in [2.75, 3.05) is 42.7 Å². The van der Waals surface area contributed by atoms with Gasteiger partial charge in [-0.3, -0.25) is 14.7 Å². The highest BCUT2D eigenvalue weighted by Gasteiger charge is 2.37. The van der Waals surface area contributed by atoms with Crippen LogP contribution in [0, 0.1) is 0 Å². The van der Waals surface area contributed by atoms with Gasteiger partial charge in [0.15, 0.2) is 0 Å². The van der Waals surface area contributed by atoms with Crippen LogP contribution in [-0.2, 0) is 16.0 Å². The van der Waals surface area contributed by atoms with Crippen molar-refractivity contribution in [2.45, 2.75) is 23.5 Å². The Balaban J connectivity index is 1.16. The minimum absolute atomic E-state index is 0.0716. The maximum Gasteiger partial charge on any atom is 0.414 e. The summed E-state index contributed by atoms with van der Waals surface area (Å²) in [6, 6.07) is 11.0. The van der Waals surface area contributed by atoms with Crippen LogP contribution < -0.4 is 20.3 Å². The monoisotopic (exact) mass is 495 g/mol. The predicted octanol–water partition coefficient (Wildman–Crippen LogP) is 2.20. The third-order valence-electron chi connectivity index (χ3n) is 5.95. The Hall–Kier alpha value is -3.41.